The average molecular weight is 603 g/mol. The number of esters is 1. The van der Waals surface area contributed by atoms with E-state index in [0.717, 1.165) is 10.5 Å². The van der Waals surface area contributed by atoms with E-state index in [9.17, 15) is 24.3 Å². The van der Waals surface area contributed by atoms with E-state index in [4.69, 9.17) is 9.47 Å². The van der Waals surface area contributed by atoms with E-state index in [1.165, 1.54) is 29.2 Å². The molecule has 230 valence electrons. The number of hydrogen-bond donors (Lipinski definition) is 3. The standard InChI is InChI=1S/C31H34N6O7/c1-5-13-36(31(42)44-18-43-26(39)14-21-8-11-23(38)12-9-21)30(41)24-16-37-27(20(24)4)28(33-17-34-37)35-25-15-22(10-7-19(25)3)29(40)32-6-2/h7-12,15-17,38H,5-6,13-14,18H2,1-4H3,(H,32,40)(H,33,34,35). The molecule has 13 heteroatoms. The third-order valence-electron chi connectivity index (χ3n) is 6.75. The number of aryl methyl sites for hydroxylation is 2. The number of ether oxygens (including phenoxy) is 2. The van der Waals surface area contributed by atoms with Crippen LogP contribution in [-0.4, -0.2) is 68.4 Å². The van der Waals surface area contributed by atoms with Gasteiger partial charge in [-0.3, -0.25) is 14.4 Å². The highest BCUT2D eigenvalue weighted by Crippen LogP contribution is 2.28. The number of phenolic OH excluding ortho intramolecular Hbond substituents is 1. The van der Waals surface area contributed by atoms with Crippen molar-refractivity contribution in [1.82, 2.24) is 24.8 Å². The lowest BCUT2D eigenvalue weighted by Crippen LogP contribution is -2.38. The van der Waals surface area contributed by atoms with Gasteiger partial charge in [0.25, 0.3) is 11.8 Å². The summed E-state index contributed by atoms with van der Waals surface area (Å²) < 4.78 is 11.6. The molecule has 0 aliphatic heterocycles. The van der Waals surface area contributed by atoms with Gasteiger partial charge in [-0.05, 0) is 68.1 Å². The minimum Gasteiger partial charge on any atom is -0.508 e. The molecule has 13 nitrogen and oxygen atoms in total. The fourth-order valence-corrected chi connectivity index (χ4v) is 4.46. The summed E-state index contributed by atoms with van der Waals surface area (Å²) in [6, 6.07) is 11.3. The first kappa shape index (κ1) is 31.5. The third kappa shape index (κ3) is 7.30. The van der Waals surface area contributed by atoms with Crippen LogP contribution in [0.15, 0.2) is 55.0 Å². The first-order valence-corrected chi connectivity index (χ1v) is 14.0. The summed E-state index contributed by atoms with van der Waals surface area (Å²) >= 11 is 0. The Bertz CT molecular complexity index is 1680. The van der Waals surface area contributed by atoms with Crippen LogP contribution < -0.4 is 10.6 Å². The number of imide groups is 1. The summed E-state index contributed by atoms with van der Waals surface area (Å²) in [5.74, 6) is -0.990. The molecule has 0 saturated carbocycles. The normalized spacial score (nSPS) is 10.7. The molecular weight excluding hydrogens is 568 g/mol. The highest BCUT2D eigenvalue weighted by Gasteiger charge is 2.28. The molecule has 2 aromatic carbocycles. The second kappa shape index (κ2) is 14.1. The molecule has 0 aliphatic carbocycles. The molecule has 0 bridgehead atoms. The molecule has 0 saturated heterocycles. The maximum atomic E-state index is 13.6. The van der Waals surface area contributed by atoms with Crippen molar-refractivity contribution in [3.63, 3.8) is 0 Å². The van der Waals surface area contributed by atoms with Gasteiger partial charge in [0, 0.05) is 30.5 Å². The largest absolute Gasteiger partial charge is 0.508 e. The van der Waals surface area contributed by atoms with Crippen molar-refractivity contribution < 1.29 is 33.8 Å². The predicted molar refractivity (Wildman–Crippen MR) is 161 cm³/mol. The van der Waals surface area contributed by atoms with Crippen LogP contribution in [0.5, 0.6) is 5.75 Å². The summed E-state index contributed by atoms with van der Waals surface area (Å²) in [5.41, 5.74) is 3.84. The number of amides is 3. The van der Waals surface area contributed by atoms with Crippen molar-refractivity contribution in [2.45, 2.75) is 40.5 Å². The number of nitrogens with one attached hydrogen (secondary N) is 2. The Morgan fingerprint density at radius 1 is 1.02 bits per heavy atom. The average Bonchev–Trinajstić information content (AvgIpc) is 3.35. The lowest BCUT2D eigenvalue weighted by Gasteiger charge is -2.19. The van der Waals surface area contributed by atoms with Crippen molar-refractivity contribution >= 4 is 40.9 Å². The summed E-state index contributed by atoms with van der Waals surface area (Å²) in [4.78, 5) is 56.4. The van der Waals surface area contributed by atoms with Crippen molar-refractivity contribution in [2.24, 2.45) is 0 Å². The van der Waals surface area contributed by atoms with Crippen molar-refractivity contribution in [1.29, 1.82) is 0 Å². The maximum Gasteiger partial charge on any atom is 0.419 e. The van der Waals surface area contributed by atoms with E-state index in [-0.39, 0.29) is 30.2 Å². The van der Waals surface area contributed by atoms with Gasteiger partial charge in [-0.2, -0.15) is 5.10 Å². The molecule has 0 aliphatic rings. The minimum absolute atomic E-state index is 0.0628. The number of aromatic nitrogens is 3. The fraction of sp³-hybridized carbons (Fsp3) is 0.290. The van der Waals surface area contributed by atoms with Gasteiger partial charge in [0.05, 0.1) is 12.0 Å². The van der Waals surface area contributed by atoms with Crippen LogP contribution in [0.1, 0.15) is 57.7 Å². The van der Waals surface area contributed by atoms with Crippen LogP contribution in [0.4, 0.5) is 16.3 Å². The van der Waals surface area contributed by atoms with Gasteiger partial charge >= 0.3 is 12.1 Å². The topological polar surface area (TPSA) is 164 Å². The summed E-state index contributed by atoms with van der Waals surface area (Å²) in [6.07, 6.45) is 2.24. The van der Waals surface area contributed by atoms with E-state index < -0.39 is 24.8 Å². The molecule has 0 atom stereocenters. The molecule has 4 aromatic rings. The maximum absolute atomic E-state index is 13.6. The second-order valence-corrected chi connectivity index (χ2v) is 9.93. The molecule has 3 amide bonds. The van der Waals surface area contributed by atoms with Crippen LogP contribution in [0.25, 0.3) is 5.52 Å². The Morgan fingerprint density at radius 3 is 2.48 bits per heavy atom. The molecule has 0 spiro atoms. The highest BCUT2D eigenvalue weighted by atomic mass is 16.7. The number of carbonyl (C=O) groups is 4. The monoisotopic (exact) mass is 602 g/mol. The van der Waals surface area contributed by atoms with Crippen molar-refractivity contribution in [3.8, 4) is 5.75 Å². The lowest BCUT2D eigenvalue weighted by atomic mass is 10.1. The fourth-order valence-electron chi connectivity index (χ4n) is 4.46. The highest BCUT2D eigenvalue weighted by molar-refractivity contribution is 6.05. The number of hydrogen-bond acceptors (Lipinski definition) is 10. The number of benzene rings is 2. The van der Waals surface area contributed by atoms with Gasteiger partial charge in [0.1, 0.15) is 17.6 Å². The number of rotatable bonds is 11. The van der Waals surface area contributed by atoms with E-state index >= 15 is 0 Å². The Labute approximate surface area is 253 Å². The zero-order chi connectivity index (χ0) is 31.8. The zero-order valence-electron chi connectivity index (χ0n) is 24.9. The van der Waals surface area contributed by atoms with E-state index in [1.54, 1.807) is 38.1 Å². The SMILES string of the molecule is CCCN(C(=O)OCOC(=O)Cc1ccc(O)cc1)C(=O)c1cn2ncnc(Nc3cc(C(=O)NCC)ccc3C)c2c1C. The molecule has 0 fully saturated rings. The second-order valence-electron chi connectivity index (χ2n) is 9.93. The Morgan fingerprint density at radius 2 is 1.77 bits per heavy atom. The first-order valence-electron chi connectivity index (χ1n) is 14.0. The van der Waals surface area contributed by atoms with Crippen molar-refractivity contribution in [3.05, 3.63) is 82.8 Å². The van der Waals surface area contributed by atoms with E-state index in [0.29, 0.717) is 46.7 Å². The molecule has 44 heavy (non-hydrogen) atoms. The number of phenols is 1. The van der Waals surface area contributed by atoms with Crippen LogP contribution >= 0.6 is 0 Å². The predicted octanol–water partition coefficient (Wildman–Crippen LogP) is 4.28. The number of anilines is 2. The quantitative estimate of drug-likeness (QED) is 0.167. The zero-order valence-corrected chi connectivity index (χ0v) is 24.9. The van der Waals surface area contributed by atoms with Gasteiger partial charge < -0.3 is 25.2 Å². The van der Waals surface area contributed by atoms with Crippen LogP contribution in [0.2, 0.25) is 0 Å². The minimum atomic E-state index is -0.967. The van der Waals surface area contributed by atoms with Crippen LogP contribution in [0.3, 0.4) is 0 Å². The Balaban J connectivity index is 1.50. The molecule has 3 N–H and O–H groups in total. The summed E-state index contributed by atoms with van der Waals surface area (Å²) in [6.45, 7) is 7.14. The van der Waals surface area contributed by atoms with Gasteiger partial charge in [0.15, 0.2) is 5.82 Å². The van der Waals surface area contributed by atoms with Gasteiger partial charge in [-0.25, -0.2) is 19.2 Å². The number of aromatic hydroxyl groups is 1. The number of fused-ring (bicyclic) bond motifs is 1. The van der Waals surface area contributed by atoms with Gasteiger partial charge in [-0.1, -0.05) is 25.1 Å². The Hall–Kier alpha value is -5.46. The lowest BCUT2D eigenvalue weighted by molar-refractivity contribution is -0.151. The van der Waals surface area contributed by atoms with E-state index in [2.05, 4.69) is 20.7 Å². The number of carbonyl (C=O) groups excluding carboxylic acids is 4. The molecular formula is C31H34N6O7. The summed E-state index contributed by atoms with van der Waals surface area (Å²) in [7, 11) is 0. The van der Waals surface area contributed by atoms with Crippen molar-refractivity contribution in [2.75, 3.05) is 25.2 Å². The molecule has 2 aromatic heterocycles. The third-order valence-corrected chi connectivity index (χ3v) is 6.75. The van der Waals surface area contributed by atoms with Gasteiger partial charge in [-0.15, -0.1) is 0 Å². The van der Waals surface area contributed by atoms with E-state index in [1.807, 2.05) is 19.9 Å². The molecule has 4 rings (SSSR count). The molecule has 0 radical (unpaired) electrons. The number of nitrogens with zero attached hydrogens (tertiary/aromatic N) is 4. The molecule has 0 unspecified atom stereocenters. The smallest absolute Gasteiger partial charge is 0.419 e. The van der Waals surface area contributed by atoms with Gasteiger partial charge in [0.2, 0.25) is 6.79 Å². The van der Waals surface area contributed by atoms with Crippen LogP contribution in [0, 0.1) is 13.8 Å². The first-order chi connectivity index (χ1) is 21.1. The van der Waals surface area contributed by atoms with Crippen LogP contribution in [-0.2, 0) is 20.7 Å². The summed E-state index contributed by atoms with van der Waals surface area (Å²) in [5, 5.41) is 19.6. The molecule has 2 heterocycles. The Kier molecular flexibility index (Phi) is 10.1.